The molecule has 0 bridgehead atoms. The van der Waals surface area contributed by atoms with Crippen LogP contribution >= 0.6 is 24.0 Å². The van der Waals surface area contributed by atoms with E-state index >= 15 is 0 Å². The fraction of sp³-hybridized carbons (Fsp3) is 0.158. The zero-order valence-electron chi connectivity index (χ0n) is 15.3. The van der Waals surface area contributed by atoms with Gasteiger partial charge < -0.3 is 14.6 Å². The highest BCUT2D eigenvalue weighted by atomic mass is 32.2. The number of carbonyl (C=O) groups is 3. The number of amides is 1. The van der Waals surface area contributed by atoms with E-state index in [0.29, 0.717) is 4.90 Å². The summed E-state index contributed by atoms with van der Waals surface area (Å²) in [5.74, 6) is -3.49. The van der Waals surface area contributed by atoms with E-state index in [2.05, 4.69) is 0 Å². The van der Waals surface area contributed by atoms with Crippen LogP contribution in [0.1, 0.15) is 17.7 Å². The Balaban J connectivity index is 1.86. The van der Waals surface area contributed by atoms with E-state index in [-0.39, 0.29) is 26.3 Å². The number of thioether (sulfide) groups is 1. The number of furan rings is 1. The van der Waals surface area contributed by atoms with Crippen LogP contribution in [0.5, 0.6) is 0 Å². The lowest BCUT2D eigenvalue weighted by Gasteiger charge is -2.21. The molecule has 1 amide bonds. The summed E-state index contributed by atoms with van der Waals surface area (Å²) in [6.45, 7) is 0. The first-order valence-electron chi connectivity index (χ1n) is 8.46. The Hall–Kier alpha value is -3.12. The SMILES string of the molecule is O=C(O)CC(C(=O)O)N1C(=O)/C(=C\c2ccc(-c3cccc(C(F)(F)F)c3)o2)SC1=S. The normalized spacial score (nSPS) is 16.7. The highest BCUT2D eigenvalue weighted by Crippen LogP contribution is 2.36. The third-order valence-electron chi connectivity index (χ3n) is 4.16. The van der Waals surface area contributed by atoms with Crippen LogP contribution in [0.4, 0.5) is 13.2 Å². The minimum Gasteiger partial charge on any atom is -0.481 e. The van der Waals surface area contributed by atoms with Gasteiger partial charge in [0.05, 0.1) is 16.9 Å². The summed E-state index contributed by atoms with van der Waals surface area (Å²) in [5.41, 5.74) is -0.670. The van der Waals surface area contributed by atoms with Crippen molar-refractivity contribution >= 4 is 52.2 Å². The smallest absolute Gasteiger partial charge is 0.416 e. The summed E-state index contributed by atoms with van der Waals surface area (Å²) >= 11 is 5.79. The second-order valence-electron chi connectivity index (χ2n) is 6.28. The number of nitrogens with zero attached hydrogens (tertiary/aromatic N) is 1. The van der Waals surface area contributed by atoms with Crippen molar-refractivity contribution < 1.29 is 42.2 Å². The predicted molar refractivity (Wildman–Crippen MR) is 108 cm³/mol. The zero-order valence-corrected chi connectivity index (χ0v) is 16.9. The summed E-state index contributed by atoms with van der Waals surface area (Å²) in [7, 11) is 0. The second kappa shape index (κ2) is 8.55. The number of halogens is 3. The molecule has 1 aromatic carbocycles. The minimum atomic E-state index is -4.52. The van der Waals surface area contributed by atoms with Crippen LogP contribution in [0.15, 0.2) is 45.7 Å². The van der Waals surface area contributed by atoms with E-state index in [4.69, 9.17) is 21.7 Å². The molecule has 0 saturated carbocycles. The molecule has 12 heteroatoms. The average molecular weight is 471 g/mol. The molecule has 0 radical (unpaired) electrons. The van der Waals surface area contributed by atoms with Gasteiger partial charge in [0.2, 0.25) is 0 Å². The molecule has 1 aliphatic rings. The van der Waals surface area contributed by atoms with E-state index in [1.807, 2.05) is 0 Å². The third kappa shape index (κ3) is 4.97. The number of carboxylic acid groups (broad SMARTS) is 2. The lowest BCUT2D eigenvalue weighted by molar-refractivity contribution is -0.150. The number of carbonyl (C=O) groups excluding carboxylic acids is 1. The van der Waals surface area contributed by atoms with Crippen LogP contribution < -0.4 is 0 Å². The van der Waals surface area contributed by atoms with Gasteiger partial charge in [-0.25, -0.2) is 4.79 Å². The van der Waals surface area contributed by atoms with E-state index in [9.17, 15) is 32.7 Å². The van der Waals surface area contributed by atoms with E-state index in [1.165, 1.54) is 30.3 Å². The fourth-order valence-corrected chi connectivity index (χ4v) is 4.10. The summed E-state index contributed by atoms with van der Waals surface area (Å²) in [5, 5.41) is 18.2. The molecule has 1 unspecified atom stereocenters. The van der Waals surface area contributed by atoms with Crippen molar-refractivity contribution in [3.05, 3.63) is 52.6 Å². The van der Waals surface area contributed by atoms with Gasteiger partial charge in [-0.05, 0) is 24.3 Å². The molecular formula is C19H12F3NO6S2. The molecule has 1 aliphatic heterocycles. The minimum absolute atomic E-state index is 0.00780. The van der Waals surface area contributed by atoms with Crippen molar-refractivity contribution in [3.63, 3.8) is 0 Å². The predicted octanol–water partition coefficient (Wildman–Crippen LogP) is 4.09. The molecule has 1 saturated heterocycles. The lowest BCUT2D eigenvalue weighted by atomic mass is 10.1. The molecule has 162 valence electrons. The Morgan fingerprint density at radius 2 is 1.94 bits per heavy atom. The molecule has 3 rings (SSSR count). The monoisotopic (exact) mass is 471 g/mol. The fourth-order valence-electron chi connectivity index (χ4n) is 2.77. The molecule has 0 aliphatic carbocycles. The topological polar surface area (TPSA) is 108 Å². The van der Waals surface area contributed by atoms with E-state index in [0.717, 1.165) is 23.9 Å². The van der Waals surface area contributed by atoms with Crippen LogP contribution in [0.2, 0.25) is 0 Å². The van der Waals surface area contributed by atoms with Gasteiger partial charge >= 0.3 is 18.1 Å². The molecule has 31 heavy (non-hydrogen) atoms. The summed E-state index contributed by atoms with van der Waals surface area (Å²) < 4.78 is 44.1. The standard InChI is InChI=1S/C19H12F3NO6S2/c20-19(21,22)10-3-1-2-9(6-10)13-5-4-11(29-13)7-14-16(26)23(18(30)31-14)12(17(27)28)8-15(24)25/h1-7,12H,8H2,(H,24,25)(H,27,28)/b14-7+. The number of benzene rings is 1. The Morgan fingerprint density at radius 3 is 2.55 bits per heavy atom. The number of aliphatic carboxylic acids is 2. The largest absolute Gasteiger partial charge is 0.481 e. The second-order valence-corrected chi connectivity index (χ2v) is 7.96. The molecular weight excluding hydrogens is 459 g/mol. The van der Waals surface area contributed by atoms with Gasteiger partial charge in [0.25, 0.3) is 5.91 Å². The Kier molecular flexibility index (Phi) is 6.23. The number of rotatable bonds is 6. The molecule has 2 aromatic rings. The first-order chi connectivity index (χ1) is 14.5. The highest BCUT2D eigenvalue weighted by molar-refractivity contribution is 8.26. The first kappa shape index (κ1) is 22.6. The third-order valence-corrected chi connectivity index (χ3v) is 5.49. The van der Waals surface area contributed by atoms with Gasteiger partial charge in [-0.2, -0.15) is 13.2 Å². The van der Waals surface area contributed by atoms with Crippen LogP contribution in [0.25, 0.3) is 17.4 Å². The van der Waals surface area contributed by atoms with Crippen molar-refractivity contribution in [3.8, 4) is 11.3 Å². The van der Waals surface area contributed by atoms with Gasteiger partial charge in [-0.3, -0.25) is 14.5 Å². The molecule has 1 atom stereocenters. The average Bonchev–Trinajstić information content (AvgIpc) is 3.24. The molecule has 1 aromatic heterocycles. The van der Waals surface area contributed by atoms with Crippen molar-refractivity contribution in [1.29, 1.82) is 0 Å². The number of hydrogen-bond donors (Lipinski definition) is 2. The van der Waals surface area contributed by atoms with Crippen LogP contribution in [-0.2, 0) is 20.6 Å². The summed E-state index contributed by atoms with van der Waals surface area (Å²) in [6, 6.07) is 5.69. The molecule has 2 heterocycles. The summed E-state index contributed by atoms with van der Waals surface area (Å²) in [4.78, 5) is 35.6. The Bertz CT molecular complexity index is 1110. The van der Waals surface area contributed by atoms with Crippen LogP contribution in [-0.4, -0.2) is 43.3 Å². The maximum absolute atomic E-state index is 12.9. The van der Waals surface area contributed by atoms with Crippen LogP contribution in [0, 0.1) is 0 Å². The maximum Gasteiger partial charge on any atom is 0.416 e. The van der Waals surface area contributed by atoms with E-state index < -0.39 is 42.0 Å². The van der Waals surface area contributed by atoms with Gasteiger partial charge in [-0.15, -0.1) is 0 Å². The van der Waals surface area contributed by atoms with E-state index in [1.54, 1.807) is 0 Å². The molecule has 0 spiro atoms. The van der Waals surface area contributed by atoms with Crippen molar-refractivity contribution in [2.24, 2.45) is 0 Å². The lowest BCUT2D eigenvalue weighted by Crippen LogP contribution is -2.45. The van der Waals surface area contributed by atoms with Crippen molar-refractivity contribution in [1.82, 2.24) is 4.90 Å². The number of carboxylic acids is 2. The number of hydrogen-bond acceptors (Lipinski definition) is 6. The number of alkyl halides is 3. The van der Waals surface area contributed by atoms with Gasteiger partial charge in [0.1, 0.15) is 21.9 Å². The molecule has 1 fully saturated rings. The molecule has 2 N–H and O–H groups in total. The number of thiocarbonyl (C=S) groups is 1. The zero-order chi connectivity index (χ0) is 22.9. The van der Waals surface area contributed by atoms with Gasteiger partial charge in [0.15, 0.2) is 0 Å². The van der Waals surface area contributed by atoms with Gasteiger partial charge in [-0.1, -0.05) is 36.1 Å². The van der Waals surface area contributed by atoms with Crippen molar-refractivity contribution in [2.75, 3.05) is 0 Å². The molecule has 7 nitrogen and oxygen atoms in total. The Morgan fingerprint density at radius 1 is 1.23 bits per heavy atom. The van der Waals surface area contributed by atoms with Crippen molar-refractivity contribution in [2.45, 2.75) is 18.6 Å². The first-order valence-corrected chi connectivity index (χ1v) is 9.69. The summed E-state index contributed by atoms with van der Waals surface area (Å²) in [6.07, 6.45) is -4.10. The van der Waals surface area contributed by atoms with Gasteiger partial charge in [0, 0.05) is 11.6 Å². The van der Waals surface area contributed by atoms with Crippen LogP contribution in [0.3, 0.4) is 0 Å². The maximum atomic E-state index is 12.9. The Labute approximate surface area is 182 Å². The quantitative estimate of drug-likeness (QED) is 0.479. The highest BCUT2D eigenvalue weighted by Gasteiger charge is 2.41.